The van der Waals surface area contributed by atoms with Crippen molar-refractivity contribution in [2.45, 2.75) is 36.9 Å². The fraction of sp³-hybridized carbons (Fsp3) is 0.385. The first-order valence-corrected chi connectivity index (χ1v) is 10.5. The van der Waals surface area contributed by atoms with Crippen LogP contribution in [0.5, 0.6) is 0 Å². The molecule has 1 aliphatic carbocycles. The van der Waals surface area contributed by atoms with Crippen LogP contribution >= 0.6 is 38.6 Å². The lowest BCUT2D eigenvalue weighted by atomic mass is 10.4. The number of nitrogens with two attached hydrogens (primary N) is 1. The number of halogens is 1. The Morgan fingerprint density at radius 3 is 2.67 bits per heavy atom. The minimum absolute atomic E-state index is 0.130. The van der Waals surface area contributed by atoms with E-state index in [4.69, 9.17) is 5.73 Å². The van der Waals surface area contributed by atoms with Crippen molar-refractivity contribution in [1.29, 1.82) is 0 Å². The molecule has 0 saturated heterocycles. The number of nitrogens with zero attached hydrogens (tertiary/aromatic N) is 1. The predicted octanol–water partition coefficient (Wildman–Crippen LogP) is 3.38. The highest BCUT2D eigenvalue weighted by Crippen LogP contribution is 2.39. The molecule has 4 nitrogen and oxygen atoms in total. The summed E-state index contributed by atoms with van der Waals surface area (Å²) in [7, 11) is -3.49. The van der Waals surface area contributed by atoms with Crippen LogP contribution in [-0.2, 0) is 23.1 Å². The highest BCUT2D eigenvalue weighted by atomic mass is 79.9. The first-order valence-electron chi connectivity index (χ1n) is 6.55. The van der Waals surface area contributed by atoms with Gasteiger partial charge in [-0.3, -0.25) is 0 Å². The van der Waals surface area contributed by atoms with Gasteiger partial charge >= 0.3 is 0 Å². The molecule has 0 radical (unpaired) electrons. The van der Waals surface area contributed by atoms with Gasteiger partial charge in [-0.05, 0) is 46.3 Å². The van der Waals surface area contributed by atoms with Gasteiger partial charge in [0.15, 0.2) is 0 Å². The van der Waals surface area contributed by atoms with Crippen molar-refractivity contribution in [2.24, 2.45) is 5.73 Å². The van der Waals surface area contributed by atoms with Crippen LogP contribution in [0.2, 0.25) is 0 Å². The van der Waals surface area contributed by atoms with E-state index in [0.717, 1.165) is 22.6 Å². The SMILES string of the molecule is NCc1cc(S(=O)(=O)N(Cc2cccs2)C2CC2)c(Br)s1. The number of rotatable bonds is 6. The van der Waals surface area contributed by atoms with Crippen molar-refractivity contribution in [2.75, 3.05) is 0 Å². The molecular formula is C13H15BrN2O2S3. The molecule has 0 atom stereocenters. The Hall–Kier alpha value is -0.250. The molecule has 2 heterocycles. The summed E-state index contributed by atoms with van der Waals surface area (Å²) in [6.45, 7) is 0.804. The Balaban J connectivity index is 1.95. The van der Waals surface area contributed by atoms with E-state index in [0.29, 0.717) is 21.8 Å². The molecule has 0 amide bonds. The topological polar surface area (TPSA) is 63.4 Å². The van der Waals surface area contributed by atoms with E-state index >= 15 is 0 Å². The van der Waals surface area contributed by atoms with Gasteiger partial charge in [0.25, 0.3) is 0 Å². The van der Waals surface area contributed by atoms with E-state index in [1.54, 1.807) is 21.7 Å². The molecule has 1 aliphatic rings. The van der Waals surface area contributed by atoms with Gasteiger partial charge in [-0.15, -0.1) is 22.7 Å². The van der Waals surface area contributed by atoms with Crippen LogP contribution in [0.15, 0.2) is 32.3 Å². The molecule has 1 saturated carbocycles. The zero-order chi connectivity index (χ0) is 15.0. The summed E-state index contributed by atoms with van der Waals surface area (Å²) in [5.41, 5.74) is 5.62. The maximum absolute atomic E-state index is 13.0. The summed E-state index contributed by atoms with van der Waals surface area (Å²) in [5, 5.41) is 1.97. The van der Waals surface area contributed by atoms with E-state index < -0.39 is 10.0 Å². The standard InChI is InChI=1S/C13H15BrN2O2S3/c14-13-12(6-11(7-15)20-13)21(17,18)16(9-3-4-9)8-10-2-1-5-19-10/h1-2,5-6,9H,3-4,7-8,15H2. The summed E-state index contributed by atoms with van der Waals surface area (Å²) in [6.07, 6.45) is 1.88. The van der Waals surface area contributed by atoms with Gasteiger partial charge in [0.1, 0.15) is 4.90 Å². The smallest absolute Gasteiger partial charge is 0.245 e. The molecule has 2 aromatic heterocycles. The quantitative estimate of drug-likeness (QED) is 0.799. The van der Waals surface area contributed by atoms with E-state index in [2.05, 4.69) is 15.9 Å². The fourth-order valence-corrected chi connectivity index (χ4v) is 7.09. The summed E-state index contributed by atoms with van der Waals surface area (Å²) >= 11 is 6.34. The van der Waals surface area contributed by atoms with Crippen LogP contribution in [0.25, 0.3) is 0 Å². The second-order valence-corrected chi connectivity index (χ2v) is 10.3. The molecule has 0 aliphatic heterocycles. The Labute approximate surface area is 140 Å². The molecule has 114 valence electrons. The van der Waals surface area contributed by atoms with Gasteiger partial charge in [-0.25, -0.2) is 8.42 Å². The average Bonchev–Trinajstić information content (AvgIpc) is 2.99. The normalized spacial score (nSPS) is 15.8. The molecule has 0 aromatic carbocycles. The zero-order valence-corrected chi connectivity index (χ0v) is 15.2. The Morgan fingerprint density at radius 1 is 1.38 bits per heavy atom. The maximum Gasteiger partial charge on any atom is 0.245 e. The van der Waals surface area contributed by atoms with E-state index in [9.17, 15) is 8.42 Å². The van der Waals surface area contributed by atoms with Crippen molar-refractivity contribution < 1.29 is 8.42 Å². The van der Waals surface area contributed by atoms with Crippen LogP contribution in [0, 0.1) is 0 Å². The highest BCUT2D eigenvalue weighted by molar-refractivity contribution is 9.11. The van der Waals surface area contributed by atoms with Crippen LogP contribution in [0.1, 0.15) is 22.6 Å². The Kier molecular flexibility index (Phi) is 4.54. The maximum atomic E-state index is 13.0. The third kappa shape index (κ3) is 3.25. The molecule has 0 unspecified atom stereocenters. The van der Waals surface area contributed by atoms with Gasteiger partial charge in [-0.1, -0.05) is 6.07 Å². The van der Waals surface area contributed by atoms with E-state index in [1.807, 2.05) is 17.5 Å². The molecule has 2 N–H and O–H groups in total. The summed E-state index contributed by atoms with van der Waals surface area (Å²) < 4.78 is 28.2. The van der Waals surface area contributed by atoms with Gasteiger partial charge in [0.05, 0.1) is 3.79 Å². The molecule has 2 aromatic rings. The summed E-state index contributed by atoms with van der Waals surface area (Å²) in [4.78, 5) is 2.28. The molecule has 0 bridgehead atoms. The second kappa shape index (κ2) is 6.10. The average molecular weight is 407 g/mol. The minimum Gasteiger partial charge on any atom is -0.326 e. The van der Waals surface area contributed by atoms with Crippen molar-refractivity contribution >= 4 is 48.6 Å². The predicted molar refractivity (Wildman–Crippen MR) is 90.0 cm³/mol. The number of sulfonamides is 1. The van der Waals surface area contributed by atoms with Gasteiger partial charge in [0, 0.05) is 28.9 Å². The van der Waals surface area contributed by atoms with Crippen LogP contribution in [-0.4, -0.2) is 18.8 Å². The van der Waals surface area contributed by atoms with Crippen molar-refractivity contribution in [3.05, 3.63) is 37.1 Å². The lowest BCUT2D eigenvalue weighted by Gasteiger charge is -2.20. The van der Waals surface area contributed by atoms with Gasteiger partial charge in [-0.2, -0.15) is 4.31 Å². The van der Waals surface area contributed by atoms with Crippen molar-refractivity contribution in [3.63, 3.8) is 0 Å². The zero-order valence-electron chi connectivity index (χ0n) is 11.2. The lowest BCUT2D eigenvalue weighted by Crippen LogP contribution is -2.32. The largest absolute Gasteiger partial charge is 0.326 e. The third-order valence-electron chi connectivity index (χ3n) is 3.34. The number of hydrogen-bond donors (Lipinski definition) is 1. The van der Waals surface area contributed by atoms with Gasteiger partial charge in [0.2, 0.25) is 10.0 Å². The van der Waals surface area contributed by atoms with Crippen molar-refractivity contribution in [1.82, 2.24) is 4.31 Å². The monoisotopic (exact) mass is 406 g/mol. The van der Waals surface area contributed by atoms with Crippen LogP contribution in [0.4, 0.5) is 0 Å². The molecule has 1 fully saturated rings. The summed E-state index contributed by atoms with van der Waals surface area (Å²) in [6, 6.07) is 5.74. The third-order valence-corrected chi connectivity index (χ3v) is 8.37. The Bertz CT molecular complexity index is 721. The molecule has 3 rings (SSSR count). The molecule has 21 heavy (non-hydrogen) atoms. The van der Waals surface area contributed by atoms with Gasteiger partial charge < -0.3 is 5.73 Å². The van der Waals surface area contributed by atoms with Crippen LogP contribution < -0.4 is 5.73 Å². The Morgan fingerprint density at radius 2 is 2.14 bits per heavy atom. The highest BCUT2D eigenvalue weighted by Gasteiger charge is 2.39. The minimum atomic E-state index is -3.49. The lowest BCUT2D eigenvalue weighted by molar-refractivity contribution is 0.401. The van der Waals surface area contributed by atoms with Crippen molar-refractivity contribution in [3.8, 4) is 0 Å². The molecule has 8 heteroatoms. The first-order chi connectivity index (χ1) is 10.0. The first kappa shape index (κ1) is 15.6. The molecular weight excluding hydrogens is 392 g/mol. The molecule has 0 spiro atoms. The number of thiophene rings is 2. The fourth-order valence-electron chi connectivity index (χ4n) is 2.13. The number of hydrogen-bond acceptors (Lipinski definition) is 5. The van der Waals surface area contributed by atoms with E-state index in [-0.39, 0.29) is 6.04 Å². The van der Waals surface area contributed by atoms with E-state index in [1.165, 1.54) is 11.3 Å². The summed E-state index contributed by atoms with van der Waals surface area (Å²) in [5.74, 6) is 0. The van der Waals surface area contributed by atoms with Crippen LogP contribution in [0.3, 0.4) is 0 Å². The second-order valence-electron chi connectivity index (χ2n) is 4.92.